The Kier molecular flexibility index (Phi) is 4.91. The molecule has 4 heteroatoms. The lowest BCUT2D eigenvalue weighted by Crippen LogP contribution is -2.41. The van der Waals surface area contributed by atoms with E-state index >= 15 is 0 Å². The van der Waals surface area contributed by atoms with E-state index in [0.717, 1.165) is 13.0 Å². The van der Waals surface area contributed by atoms with Crippen LogP contribution in [-0.2, 0) is 4.79 Å². The van der Waals surface area contributed by atoms with E-state index in [2.05, 4.69) is 16.8 Å². The van der Waals surface area contributed by atoms with Crippen LogP contribution in [0.1, 0.15) is 44.9 Å². The van der Waals surface area contributed by atoms with Crippen molar-refractivity contribution in [1.29, 1.82) is 0 Å². The number of rotatable bonds is 5. The van der Waals surface area contributed by atoms with Gasteiger partial charge in [-0.1, -0.05) is 6.08 Å². The number of halogens is 1. The lowest BCUT2D eigenvalue weighted by molar-refractivity contribution is -0.132. The minimum atomic E-state index is 0. The number of fused-ring (bicyclic) bond motifs is 2. The van der Waals surface area contributed by atoms with E-state index in [1.807, 2.05) is 6.08 Å². The number of piperidine rings is 1. The molecule has 0 spiro atoms. The fourth-order valence-corrected chi connectivity index (χ4v) is 3.69. The van der Waals surface area contributed by atoms with Crippen molar-refractivity contribution >= 4 is 18.3 Å². The number of hydrogen-bond acceptors (Lipinski definition) is 2. The van der Waals surface area contributed by atoms with Gasteiger partial charge < -0.3 is 10.2 Å². The number of amides is 1. The summed E-state index contributed by atoms with van der Waals surface area (Å²) in [7, 11) is 0. The second kappa shape index (κ2) is 6.27. The number of hydrogen-bond donors (Lipinski definition) is 1. The Morgan fingerprint density at radius 2 is 1.84 bits per heavy atom. The van der Waals surface area contributed by atoms with E-state index in [1.165, 1.54) is 38.5 Å². The highest BCUT2D eigenvalue weighted by molar-refractivity contribution is 5.85. The molecule has 1 aliphatic carbocycles. The van der Waals surface area contributed by atoms with Crippen LogP contribution in [-0.4, -0.2) is 35.5 Å². The maximum atomic E-state index is 12.4. The molecule has 2 bridgehead atoms. The molecule has 108 valence electrons. The Hall–Kier alpha value is -0.540. The van der Waals surface area contributed by atoms with E-state index in [1.54, 1.807) is 0 Å². The minimum absolute atomic E-state index is 0. The van der Waals surface area contributed by atoms with E-state index in [9.17, 15) is 4.79 Å². The SMILES string of the molecule is C=CCN(C(=O)CC1CC2CCC(C1)N2)C1CC1.Cl. The van der Waals surface area contributed by atoms with Crippen molar-refractivity contribution in [1.82, 2.24) is 10.2 Å². The van der Waals surface area contributed by atoms with E-state index in [-0.39, 0.29) is 12.4 Å². The molecule has 1 saturated carbocycles. The van der Waals surface area contributed by atoms with Crippen molar-refractivity contribution in [2.24, 2.45) is 5.92 Å². The molecule has 3 aliphatic rings. The number of nitrogens with zero attached hydrogens (tertiary/aromatic N) is 1. The Morgan fingerprint density at radius 1 is 1.21 bits per heavy atom. The highest BCUT2D eigenvalue weighted by Gasteiger charge is 2.37. The van der Waals surface area contributed by atoms with Crippen LogP contribution in [0.15, 0.2) is 12.7 Å². The van der Waals surface area contributed by atoms with Gasteiger partial charge in [0.15, 0.2) is 0 Å². The number of carbonyl (C=O) groups excluding carboxylic acids is 1. The molecule has 0 aromatic carbocycles. The molecule has 2 saturated heterocycles. The monoisotopic (exact) mass is 284 g/mol. The third kappa shape index (κ3) is 3.51. The second-order valence-electron chi connectivity index (χ2n) is 6.25. The Labute approximate surface area is 122 Å². The fraction of sp³-hybridized carbons (Fsp3) is 0.800. The molecule has 19 heavy (non-hydrogen) atoms. The Balaban J connectivity index is 0.00000133. The molecule has 1 amide bonds. The third-order valence-electron chi connectivity index (χ3n) is 4.67. The summed E-state index contributed by atoms with van der Waals surface area (Å²) in [4.78, 5) is 14.4. The van der Waals surface area contributed by atoms with Crippen LogP contribution in [0.2, 0.25) is 0 Å². The second-order valence-corrected chi connectivity index (χ2v) is 6.25. The molecule has 0 aromatic heterocycles. The van der Waals surface area contributed by atoms with Gasteiger partial charge in [-0.05, 0) is 44.4 Å². The summed E-state index contributed by atoms with van der Waals surface area (Å²) in [5.41, 5.74) is 0. The summed E-state index contributed by atoms with van der Waals surface area (Å²) < 4.78 is 0. The summed E-state index contributed by atoms with van der Waals surface area (Å²) in [5.74, 6) is 0.978. The van der Waals surface area contributed by atoms with E-state index in [4.69, 9.17) is 0 Å². The van der Waals surface area contributed by atoms with Crippen molar-refractivity contribution in [2.45, 2.75) is 63.1 Å². The van der Waals surface area contributed by atoms with Crippen LogP contribution in [0.5, 0.6) is 0 Å². The van der Waals surface area contributed by atoms with Crippen molar-refractivity contribution < 1.29 is 4.79 Å². The van der Waals surface area contributed by atoms with Gasteiger partial charge in [0.1, 0.15) is 0 Å². The average molecular weight is 285 g/mol. The predicted octanol–water partition coefficient (Wildman–Crippen LogP) is 2.51. The lowest BCUT2D eigenvalue weighted by atomic mass is 9.89. The van der Waals surface area contributed by atoms with Crippen LogP contribution in [0.4, 0.5) is 0 Å². The van der Waals surface area contributed by atoms with E-state index < -0.39 is 0 Å². The van der Waals surface area contributed by atoms with Crippen LogP contribution in [0, 0.1) is 5.92 Å². The average Bonchev–Trinajstić information content (AvgIpc) is 3.12. The first kappa shape index (κ1) is 14.9. The third-order valence-corrected chi connectivity index (χ3v) is 4.67. The standard InChI is InChI=1S/C15H24N2O.ClH/c1-2-7-17(14-5-6-14)15(18)10-11-8-12-3-4-13(9-11)16-12;/h2,11-14,16H,1,3-10H2;1H. The summed E-state index contributed by atoms with van der Waals surface area (Å²) in [6, 6.07) is 1.90. The van der Waals surface area contributed by atoms with E-state index in [0.29, 0.717) is 30.0 Å². The van der Waals surface area contributed by atoms with Gasteiger partial charge in [0, 0.05) is 31.1 Å². The van der Waals surface area contributed by atoms with Gasteiger partial charge >= 0.3 is 0 Å². The molecule has 3 nitrogen and oxygen atoms in total. The van der Waals surface area contributed by atoms with Crippen LogP contribution < -0.4 is 5.32 Å². The van der Waals surface area contributed by atoms with Gasteiger partial charge in [-0.15, -0.1) is 19.0 Å². The van der Waals surface area contributed by atoms with Crippen LogP contribution in [0.3, 0.4) is 0 Å². The number of nitrogens with one attached hydrogen (secondary N) is 1. The van der Waals surface area contributed by atoms with Crippen molar-refractivity contribution in [3.8, 4) is 0 Å². The Morgan fingerprint density at radius 3 is 2.37 bits per heavy atom. The quantitative estimate of drug-likeness (QED) is 0.787. The summed E-state index contributed by atoms with van der Waals surface area (Å²) >= 11 is 0. The zero-order chi connectivity index (χ0) is 12.5. The zero-order valence-electron chi connectivity index (χ0n) is 11.5. The van der Waals surface area contributed by atoms with Gasteiger partial charge in [-0.2, -0.15) is 0 Å². The molecule has 2 aliphatic heterocycles. The summed E-state index contributed by atoms with van der Waals surface area (Å²) in [6.07, 6.45) is 10.0. The van der Waals surface area contributed by atoms with Crippen LogP contribution in [0.25, 0.3) is 0 Å². The van der Waals surface area contributed by atoms with Gasteiger partial charge in [0.05, 0.1) is 0 Å². The molecule has 2 heterocycles. The molecule has 2 unspecified atom stereocenters. The van der Waals surface area contributed by atoms with Crippen molar-refractivity contribution in [2.75, 3.05) is 6.54 Å². The first-order valence-corrected chi connectivity index (χ1v) is 7.42. The molecular weight excluding hydrogens is 260 g/mol. The lowest BCUT2D eigenvalue weighted by Gasteiger charge is -2.30. The molecule has 0 radical (unpaired) electrons. The van der Waals surface area contributed by atoms with Gasteiger partial charge in [-0.3, -0.25) is 4.79 Å². The Bertz CT molecular complexity index is 331. The molecule has 3 fully saturated rings. The molecule has 2 atom stereocenters. The van der Waals surface area contributed by atoms with Gasteiger partial charge in [0.25, 0.3) is 0 Å². The normalized spacial score (nSPS) is 32.5. The highest BCUT2D eigenvalue weighted by Crippen LogP contribution is 2.34. The molecule has 0 aromatic rings. The summed E-state index contributed by atoms with van der Waals surface area (Å²) in [5, 5.41) is 3.64. The number of carbonyl (C=O) groups is 1. The van der Waals surface area contributed by atoms with Crippen LogP contribution >= 0.6 is 12.4 Å². The maximum Gasteiger partial charge on any atom is 0.223 e. The fourth-order valence-electron chi connectivity index (χ4n) is 3.69. The first-order chi connectivity index (χ1) is 8.76. The smallest absolute Gasteiger partial charge is 0.223 e. The van der Waals surface area contributed by atoms with Crippen molar-refractivity contribution in [3.63, 3.8) is 0 Å². The minimum Gasteiger partial charge on any atom is -0.336 e. The summed E-state index contributed by atoms with van der Waals surface area (Å²) in [6.45, 7) is 4.51. The zero-order valence-corrected chi connectivity index (χ0v) is 12.3. The first-order valence-electron chi connectivity index (χ1n) is 7.42. The maximum absolute atomic E-state index is 12.4. The van der Waals surface area contributed by atoms with Gasteiger partial charge in [0.2, 0.25) is 5.91 Å². The molecule has 1 N–H and O–H groups in total. The topological polar surface area (TPSA) is 32.3 Å². The van der Waals surface area contributed by atoms with Crippen molar-refractivity contribution in [3.05, 3.63) is 12.7 Å². The largest absolute Gasteiger partial charge is 0.336 e. The highest BCUT2D eigenvalue weighted by atomic mass is 35.5. The molecule has 3 rings (SSSR count). The molecular formula is C15H25ClN2O. The predicted molar refractivity (Wildman–Crippen MR) is 79.5 cm³/mol. The van der Waals surface area contributed by atoms with Gasteiger partial charge in [-0.25, -0.2) is 0 Å².